The maximum absolute atomic E-state index is 11.8. The molecule has 0 amide bonds. The molecule has 2 aromatic carbocycles. The van der Waals surface area contributed by atoms with Gasteiger partial charge in [0.15, 0.2) is 0 Å². The van der Waals surface area contributed by atoms with Gasteiger partial charge in [0.2, 0.25) is 0 Å². The van der Waals surface area contributed by atoms with Crippen LogP contribution in [0.1, 0.15) is 30.4 Å². The van der Waals surface area contributed by atoms with Crippen LogP contribution in [-0.2, 0) is 27.3 Å². The molecular formula is C24H32N2O6. The monoisotopic (exact) mass is 444 g/mol. The number of phenols is 2. The van der Waals surface area contributed by atoms with Crippen molar-refractivity contribution in [2.75, 3.05) is 32.8 Å². The van der Waals surface area contributed by atoms with E-state index in [2.05, 4.69) is 5.32 Å². The van der Waals surface area contributed by atoms with E-state index in [-0.39, 0.29) is 24.8 Å². The Kier molecular flexibility index (Phi) is 11.1. The summed E-state index contributed by atoms with van der Waals surface area (Å²) >= 11 is 0. The number of benzene rings is 2. The maximum atomic E-state index is 11.8. The van der Waals surface area contributed by atoms with Gasteiger partial charge >= 0.3 is 11.9 Å². The van der Waals surface area contributed by atoms with Crippen LogP contribution in [0.3, 0.4) is 0 Å². The molecule has 2 aromatic rings. The van der Waals surface area contributed by atoms with Crippen molar-refractivity contribution in [2.45, 2.75) is 32.2 Å². The van der Waals surface area contributed by atoms with Crippen LogP contribution in [0.25, 0.3) is 0 Å². The van der Waals surface area contributed by atoms with E-state index < -0.39 is 5.97 Å². The van der Waals surface area contributed by atoms with E-state index in [1.807, 2.05) is 12.1 Å². The summed E-state index contributed by atoms with van der Waals surface area (Å²) in [5, 5.41) is 31.7. The number of carboxylic acid groups (broad SMARTS) is 1. The van der Waals surface area contributed by atoms with E-state index in [1.165, 1.54) is 0 Å². The first-order valence-corrected chi connectivity index (χ1v) is 10.8. The predicted octanol–water partition coefficient (Wildman–Crippen LogP) is 2.53. The normalized spacial score (nSPS) is 10.9. The van der Waals surface area contributed by atoms with Gasteiger partial charge in [-0.15, -0.1) is 0 Å². The van der Waals surface area contributed by atoms with Crippen LogP contribution in [-0.4, -0.2) is 64.9 Å². The summed E-state index contributed by atoms with van der Waals surface area (Å²) < 4.78 is 5.21. The Balaban J connectivity index is 1.57. The molecule has 0 radical (unpaired) electrons. The van der Waals surface area contributed by atoms with Crippen molar-refractivity contribution in [1.82, 2.24) is 10.2 Å². The van der Waals surface area contributed by atoms with Crippen LogP contribution in [0.4, 0.5) is 0 Å². The summed E-state index contributed by atoms with van der Waals surface area (Å²) in [6, 6.07) is 14.1. The van der Waals surface area contributed by atoms with Crippen molar-refractivity contribution >= 4 is 11.9 Å². The average molecular weight is 445 g/mol. The third kappa shape index (κ3) is 9.80. The molecule has 4 N–H and O–H groups in total. The number of phenolic OH excluding ortho intramolecular Hbond substituents is 2. The number of unbranched alkanes of at least 4 members (excludes halogenated alkanes) is 2. The summed E-state index contributed by atoms with van der Waals surface area (Å²) in [5.74, 6) is -0.869. The van der Waals surface area contributed by atoms with Crippen molar-refractivity contribution < 1.29 is 29.6 Å². The fourth-order valence-corrected chi connectivity index (χ4v) is 3.27. The second-order valence-corrected chi connectivity index (χ2v) is 7.57. The van der Waals surface area contributed by atoms with Crippen LogP contribution in [0.15, 0.2) is 48.5 Å². The Labute approximate surface area is 188 Å². The topological polar surface area (TPSA) is 119 Å². The molecule has 0 heterocycles. The zero-order chi connectivity index (χ0) is 23.2. The summed E-state index contributed by atoms with van der Waals surface area (Å²) in [6.45, 7) is 1.35. The molecule has 0 unspecified atom stereocenters. The van der Waals surface area contributed by atoms with Gasteiger partial charge in [-0.3, -0.25) is 14.5 Å². The van der Waals surface area contributed by atoms with E-state index in [0.29, 0.717) is 37.6 Å². The third-order valence-electron chi connectivity index (χ3n) is 4.96. The Morgan fingerprint density at radius 2 is 1.56 bits per heavy atom. The molecular weight excluding hydrogens is 412 g/mol. The second kappa shape index (κ2) is 14.1. The van der Waals surface area contributed by atoms with Gasteiger partial charge in [-0.05, 0) is 43.4 Å². The van der Waals surface area contributed by atoms with Crippen molar-refractivity contribution in [3.05, 3.63) is 59.7 Å². The van der Waals surface area contributed by atoms with Gasteiger partial charge in [-0.25, -0.2) is 0 Å². The highest BCUT2D eigenvalue weighted by Crippen LogP contribution is 2.18. The molecule has 174 valence electrons. The number of aryl methyl sites for hydroxylation is 1. The number of esters is 1. The largest absolute Gasteiger partial charge is 0.508 e. The highest BCUT2D eigenvalue weighted by atomic mass is 16.5. The summed E-state index contributed by atoms with van der Waals surface area (Å²) in [7, 11) is 0. The number of aromatic hydroxyl groups is 2. The van der Waals surface area contributed by atoms with E-state index >= 15 is 0 Å². The first-order valence-electron chi connectivity index (χ1n) is 10.8. The molecule has 0 aliphatic rings. The molecule has 0 aliphatic carbocycles. The number of rotatable bonds is 15. The highest BCUT2D eigenvalue weighted by Gasteiger charge is 2.12. The van der Waals surface area contributed by atoms with Crippen LogP contribution >= 0.6 is 0 Å². The lowest BCUT2D eigenvalue weighted by Gasteiger charge is -2.21. The number of hydrogen-bond donors (Lipinski definition) is 4. The maximum Gasteiger partial charge on any atom is 0.319 e. The zero-order valence-electron chi connectivity index (χ0n) is 18.2. The standard InChI is InChI=1S/C24H32N2O6/c27-21-11-5-3-9-19(21)8-2-1-7-15-32-24(31)16-25-13-14-26(18-23(29)30)17-20-10-4-6-12-22(20)28/h3-6,9-12,25,27-28H,1-2,7-8,13-18H2,(H,29,30). The summed E-state index contributed by atoms with van der Waals surface area (Å²) in [6.07, 6.45) is 3.34. The molecule has 0 saturated heterocycles. The Morgan fingerprint density at radius 3 is 2.22 bits per heavy atom. The number of hydrogen-bond acceptors (Lipinski definition) is 7. The van der Waals surface area contributed by atoms with Gasteiger partial charge < -0.3 is 25.4 Å². The first kappa shape index (κ1) is 25.2. The number of aliphatic carboxylic acids is 1. The SMILES string of the molecule is O=C(O)CN(CCNCC(=O)OCCCCCc1ccccc1O)Cc1ccccc1O. The lowest BCUT2D eigenvalue weighted by Crippen LogP contribution is -2.37. The van der Waals surface area contributed by atoms with Crippen LogP contribution in [0, 0.1) is 0 Å². The number of nitrogens with zero attached hydrogens (tertiary/aromatic N) is 1. The molecule has 0 atom stereocenters. The van der Waals surface area contributed by atoms with Crippen molar-refractivity contribution in [3.8, 4) is 11.5 Å². The van der Waals surface area contributed by atoms with Crippen molar-refractivity contribution in [3.63, 3.8) is 0 Å². The van der Waals surface area contributed by atoms with E-state index in [4.69, 9.17) is 9.84 Å². The number of ether oxygens (including phenoxy) is 1. The quantitative estimate of drug-likeness (QED) is 0.244. The summed E-state index contributed by atoms with van der Waals surface area (Å²) in [5.41, 5.74) is 1.57. The minimum atomic E-state index is -0.956. The molecule has 2 rings (SSSR count). The van der Waals surface area contributed by atoms with E-state index in [0.717, 1.165) is 31.2 Å². The third-order valence-corrected chi connectivity index (χ3v) is 4.96. The minimum Gasteiger partial charge on any atom is -0.508 e. The average Bonchev–Trinajstić information content (AvgIpc) is 2.76. The molecule has 0 fully saturated rings. The Bertz CT molecular complexity index is 858. The van der Waals surface area contributed by atoms with Crippen molar-refractivity contribution in [2.24, 2.45) is 0 Å². The molecule has 0 aliphatic heterocycles. The van der Waals surface area contributed by atoms with E-state index in [9.17, 15) is 19.8 Å². The lowest BCUT2D eigenvalue weighted by molar-refractivity contribution is -0.143. The molecule has 0 aromatic heterocycles. The molecule has 0 spiro atoms. The van der Waals surface area contributed by atoms with Gasteiger partial charge in [0.1, 0.15) is 11.5 Å². The van der Waals surface area contributed by atoms with Gasteiger partial charge in [0, 0.05) is 25.2 Å². The zero-order valence-corrected chi connectivity index (χ0v) is 18.2. The van der Waals surface area contributed by atoms with Gasteiger partial charge in [-0.2, -0.15) is 0 Å². The first-order chi connectivity index (χ1) is 15.5. The molecule has 32 heavy (non-hydrogen) atoms. The number of carbonyl (C=O) groups excluding carboxylic acids is 1. The number of para-hydroxylation sites is 2. The Hall–Kier alpha value is -3.10. The van der Waals surface area contributed by atoms with Crippen LogP contribution in [0.5, 0.6) is 11.5 Å². The molecule has 0 saturated carbocycles. The minimum absolute atomic E-state index is 0.0510. The van der Waals surface area contributed by atoms with Gasteiger partial charge in [0.05, 0.1) is 19.7 Å². The van der Waals surface area contributed by atoms with Crippen LogP contribution < -0.4 is 5.32 Å². The number of carbonyl (C=O) groups is 2. The highest BCUT2D eigenvalue weighted by molar-refractivity contribution is 5.71. The lowest BCUT2D eigenvalue weighted by atomic mass is 10.1. The smallest absolute Gasteiger partial charge is 0.319 e. The fraction of sp³-hybridized carbons (Fsp3) is 0.417. The predicted molar refractivity (Wildman–Crippen MR) is 121 cm³/mol. The van der Waals surface area contributed by atoms with Gasteiger partial charge in [0.25, 0.3) is 0 Å². The van der Waals surface area contributed by atoms with Gasteiger partial charge in [-0.1, -0.05) is 36.4 Å². The molecule has 8 heteroatoms. The van der Waals surface area contributed by atoms with Crippen LogP contribution in [0.2, 0.25) is 0 Å². The molecule has 0 bridgehead atoms. The second-order valence-electron chi connectivity index (χ2n) is 7.57. The number of nitrogens with one attached hydrogen (secondary N) is 1. The Morgan fingerprint density at radius 1 is 0.906 bits per heavy atom. The molecule has 8 nitrogen and oxygen atoms in total. The number of carboxylic acids is 1. The summed E-state index contributed by atoms with van der Waals surface area (Å²) in [4.78, 5) is 24.6. The van der Waals surface area contributed by atoms with E-state index in [1.54, 1.807) is 41.3 Å². The van der Waals surface area contributed by atoms with Crippen molar-refractivity contribution in [1.29, 1.82) is 0 Å². The fourth-order valence-electron chi connectivity index (χ4n) is 3.27.